The average molecular weight is 294 g/mol. The second kappa shape index (κ2) is 6.95. The molecule has 0 saturated heterocycles. The minimum absolute atomic E-state index is 0.252. The molecule has 0 fully saturated rings. The third-order valence-corrected chi connectivity index (χ3v) is 3.73. The lowest BCUT2D eigenvalue weighted by molar-refractivity contribution is 0.550. The molecule has 1 nitrogen and oxygen atoms in total. The Bertz CT molecular complexity index is 523. The van der Waals surface area contributed by atoms with Crippen LogP contribution in [0.25, 0.3) is 0 Å². The minimum atomic E-state index is 0.252. The molecule has 0 aliphatic heterocycles. The van der Waals surface area contributed by atoms with E-state index in [2.05, 4.69) is 30.4 Å². The highest BCUT2D eigenvalue weighted by Gasteiger charge is 2.12. The fourth-order valence-corrected chi connectivity index (χ4v) is 2.47. The van der Waals surface area contributed by atoms with Crippen LogP contribution in [0.3, 0.4) is 0 Å². The number of rotatable bonds is 5. The molecule has 0 aromatic heterocycles. The molecule has 100 valence electrons. The van der Waals surface area contributed by atoms with E-state index in [4.69, 9.17) is 23.2 Å². The molecule has 2 aromatic carbocycles. The van der Waals surface area contributed by atoms with E-state index in [1.165, 1.54) is 5.56 Å². The van der Waals surface area contributed by atoms with Crippen LogP contribution in [0.5, 0.6) is 0 Å². The molecule has 19 heavy (non-hydrogen) atoms. The summed E-state index contributed by atoms with van der Waals surface area (Å²) in [4.78, 5) is 0. The van der Waals surface area contributed by atoms with E-state index in [0.717, 1.165) is 28.6 Å². The second-order valence-corrected chi connectivity index (χ2v) is 5.30. The Hall–Kier alpha value is -1.02. The van der Waals surface area contributed by atoms with Gasteiger partial charge in [0.2, 0.25) is 0 Å². The van der Waals surface area contributed by atoms with Gasteiger partial charge in [-0.2, -0.15) is 0 Å². The molecule has 0 radical (unpaired) electrons. The van der Waals surface area contributed by atoms with Crippen molar-refractivity contribution in [1.29, 1.82) is 0 Å². The van der Waals surface area contributed by atoms with Crippen LogP contribution in [0.4, 0.5) is 0 Å². The summed E-state index contributed by atoms with van der Waals surface area (Å²) in [6.45, 7) is 3.02. The first kappa shape index (κ1) is 14.4. The van der Waals surface area contributed by atoms with Crippen LogP contribution >= 0.6 is 23.2 Å². The lowest BCUT2D eigenvalue weighted by atomic mass is 9.99. The maximum absolute atomic E-state index is 6.23. The first-order valence-electron chi connectivity index (χ1n) is 6.43. The molecule has 1 N–H and O–H groups in total. The Morgan fingerprint density at radius 2 is 1.68 bits per heavy atom. The van der Waals surface area contributed by atoms with Crippen molar-refractivity contribution in [3.8, 4) is 0 Å². The van der Waals surface area contributed by atoms with Gasteiger partial charge in [0, 0.05) is 16.1 Å². The standard InChI is InChI=1S/C16H17Cl2N/c1-2-19-16(12-7-9-14(17)10-8-12)11-13-5-3-4-6-15(13)18/h3-10,16,19H,2,11H2,1H3. The Morgan fingerprint density at radius 3 is 2.32 bits per heavy atom. The van der Waals surface area contributed by atoms with E-state index < -0.39 is 0 Å². The van der Waals surface area contributed by atoms with Gasteiger partial charge in [-0.15, -0.1) is 0 Å². The molecular weight excluding hydrogens is 277 g/mol. The van der Waals surface area contributed by atoms with Crippen molar-refractivity contribution in [3.05, 3.63) is 69.7 Å². The number of hydrogen-bond acceptors (Lipinski definition) is 1. The van der Waals surface area contributed by atoms with Gasteiger partial charge in [0.1, 0.15) is 0 Å². The van der Waals surface area contributed by atoms with Crippen molar-refractivity contribution in [2.24, 2.45) is 0 Å². The van der Waals surface area contributed by atoms with Crippen molar-refractivity contribution in [2.45, 2.75) is 19.4 Å². The maximum Gasteiger partial charge on any atom is 0.0438 e. The second-order valence-electron chi connectivity index (χ2n) is 4.46. The summed E-state index contributed by atoms with van der Waals surface area (Å²) < 4.78 is 0. The zero-order valence-electron chi connectivity index (χ0n) is 10.9. The van der Waals surface area contributed by atoms with Gasteiger partial charge < -0.3 is 5.32 Å². The highest BCUT2D eigenvalue weighted by Crippen LogP contribution is 2.24. The van der Waals surface area contributed by atoms with Crippen molar-refractivity contribution in [3.63, 3.8) is 0 Å². The number of nitrogens with one attached hydrogen (secondary N) is 1. The summed E-state index contributed by atoms with van der Waals surface area (Å²) in [5.41, 5.74) is 2.39. The smallest absolute Gasteiger partial charge is 0.0438 e. The SMILES string of the molecule is CCNC(Cc1ccccc1Cl)c1ccc(Cl)cc1. The first-order chi connectivity index (χ1) is 9.20. The molecule has 0 spiro atoms. The van der Waals surface area contributed by atoms with E-state index in [1.54, 1.807) is 0 Å². The van der Waals surface area contributed by atoms with Crippen LogP contribution < -0.4 is 5.32 Å². The van der Waals surface area contributed by atoms with Gasteiger partial charge in [-0.25, -0.2) is 0 Å². The van der Waals surface area contributed by atoms with Gasteiger partial charge in [0.15, 0.2) is 0 Å². The molecule has 0 heterocycles. The fourth-order valence-electron chi connectivity index (χ4n) is 2.13. The molecule has 0 aliphatic carbocycles. The van der Waals surface area contributed by atoms with Crippen molar-refractivity contribution in [2.75, 3.05) is 6.54 Å². The molecule has 0 amide bonds. The predicted molar refractivity (Wildman–Crippen MR) is 83.0 cm³/mol. The summed E-state index contributed by atoms with van der Waals surface area (Å²) >= 11 is 12.2. The van der Waals surface area contributed by atoms with Gasteiger partial charge in [0.05, 0.1) is 0 Å². The van der Waals surface area contributed by atoms with Crippen LogP contribution in [0.1, 0.15) is 24.1 Å². The van der Waals surface area contributed by atoms with Crippen LogP contribution in [0, 0.1) is 0 Å². The third-order valence-electron chi connectivity index (χ3n) is 3.10. The van der Waals surface area contributed by atoms with Gasteiger partial charge >= 0.3 is 0 Å². The first-order valence-corrected chi connectivity index (χ1v) is 7.18. The Balaban J connectivity index is 2.21. The summed E-state index contributed by atoms with van der Waals surface area (Å²) in [5, 5.41) is 5.07. The van der Waals surface area contributed by atoms with Gasteiger partial charge in [-0.05, 0) is 42.3 Å². The van der Waals surface area contributed by atoms with E-state index in [1.807, 2.05) is 30.3 Å². The van der Waals surface area contributed by atoms with Crippen LogP contribution in [-0.2, 0) is 6.42 Å². The zero-order valence-corrected chi connectivity index (χ0v) is 12.4. The fraction of sp³-hybridized carbons (Fsp3) is 0.250. The van der Waals surface area contributed by atoms with Gasteiger partial charge in [-0.3, -0.25) is 0 Å². The molecule has 2 aromatic rings. The molecule has 3 heteroatoms. The summed E-state index contributed by atoms with van der Waals surface area (Å²) in [6.07, 6.45) is 0.870. The van der Waals surface area contributed by atoms with E-state index in [-0.39, 0.29) is 6.04 Å². The lowest BCUT2D eigenvalue weighted by Crippen LogP contribution is -2.23. The third kappa shape index (κ3) is 3.97. The predicted octanol–water partition coefficient (Wildman–Crippen LogP) is 4.89. The van der Waals surface area contributed by atoms with Crippen LogP contribution in [-0.4, -0.2) is 6.54 Å². The van der Waals surface area contributed by atoms with Gasteiger partial charge in [0.25, 0.3) is 0 Å². The normalized spacial score (nSPS) is 12.4. The number of halogens is 2. The van der Waals surface area contributed by atoms with Crippen LogP contribution in [0.2, 0.25) is 10.0 Å². The average Bonchev–Trinajstić information content (AvgIpc) is 2.42. The number of hydrogen-bond donors (Lipinski definition) is 1. The monoisotopic (exact) mass is 293 g/mol. The topological polar surface area (TPSA) is 12.0 Å². The lowest BCUT2D eigenvalue weighted by Gasteiger charge is -2.19. The number of likely N-dealkylation sites (N-methyl/N-ethyl adjacent to an activating group) is 1. The number of benzene rings is 2. The van der Waals surface area contributed by atoms with Gasteiger partial charge in [-0.1, -0.05) is 60.5 Å². The summed E-state index contributed by atoms with van der Waals surface area (Å²) in [5.74, 6) is 0. The maximum atomic E-state index is 6.23. The molecular formula is C16H17Cl2N. The molecule has 1 unspecified atom stereocenters. The van der Waals surface area contributed by atoms with Crippen molar-refractivity contribution in [1.82, 2.24) is 5.32 Å². The highest BCUT2D eigenvalue weighted by molar-refractivity contribution is 6.31. The minimum Gasteiger partial charge on any atom is -0.310 e. The highest BCUT2D eigenvalue weighted by atomic mass is 35.5. The molecule has 0 aliphatic rings. The van der Waals surface area contributed by atoms with Crippen molar-refractivity contribution < 1.29 is 0 Å². The summed E-state index contributed by atoms with van der Waals surface area (Å²) in [7, 11) is 0. The molecule has 1 atom stereocenters. The van der Waals surface area contributed by atoms with E-state index in [0.29, 0.717) is 0 Å². The zero-order chi connectivity index (χ0) is 13.7. The Morgan fingerprint density at radius 1 is 1.00 bits per heavy atom. The largest absolute Gasteiger partial charge is 0.310 e. The van der Waals surface area contributed by atoms with Crippen LogP contribution in [0.15, 0.2) is 48.5 Å². The Kier molecular flexibility index (Phi) is 5.26. The summed E-state index contributed by atoms with van der Waals surface area (Å²) in [6, 6.07) is 16.2. The molecule has 0 bridgehead atoms. The molecule has 0 saturated carbocycles. The molecule has 2 rings (SSSR count). The quantitative estimate of drug-likeness (QED) is 0.828. The van der Waals surface area contributed by atoms with Crippen molar-refractivity contribution >= 4 is 23.2 Å². The Labute approximate surface area is 124 Å². The van der Waals surface area contributed by atoms with E-state index >= 15 is 0 Å². The van der Waals surface area contributed by atoms with E-state index in [9.17, 15) is 0 Å².